The molecule has 3 aliphatic rings. The van der Waals surface area contributed by atoms with Gasteiger partial charge in [-0.05, 0) is 83.6 Å². The van der Waals surface area contributed by atoms with Crippen molar-refractivity contribution in [1.82, 2.24) is 5.32 Å². The van der Waals surface area contributed by atoms with Gasteiger partial charge in [-0.15, -0.1) is 0 Å². The van der Waals surface area contributed by atoms with E-state index in [2.05, 4.69) is 56.5 Å². The van der Waals surface area contributed by atoms with E-state index >= 15 is 0 Å². The summed E-state index contributed by atoms with van der Waals surface area (Å²) in [6, 6.07) is 4.85. The summed E-state index contributed by atoms with van der Waals surface area (Å²) < 4.78 is 14.8. The van der Waals surface area contributed by atoms with Crippen LogP contribution in [0.1, 0.15) is 39.2 Å². The van der Waals surface area contributed by atoms with Gasteiger partial charge in [-0.1, -0.05) is 50.6 Å². The van der Waals surface area contributed by atoms with Crippen LogP contribution in [0.25, 0.3) is 5.57 Å². The number of hydrogen-bond acceptors (Lipinski definition) is 1. The van der Waals surface area contributed by atoms with Crippen LogP contribution in [0.5, 0.6) is 0 Å². The van der Waals surface area contributed by atoms with Crippen LogP contribution in [-0.2, 0) is 0 Å². The zero-order valence-corrected chi connectivity index (χ0v) is 17.4. The summed E-state index contributed by atoms with van der Waals surface area (Å²) in [5.74, 6) is 1.86. The van der Waals surface area contributed by atoms with E-state index in [0.29, 0.717) is 22.4 Å². The Hall–Kier alpha value is -2.06. The Bertz CT molecular complexity index is 934. The molecule has 1 aliphatic heterocycles. The van der Waals surface area contributed by atoms with Gasteiger partial charge < -0.3 is 5.32 Å². The van der Waals surface area contributed by atoms with Crippen molar-refractivity contribution in [1.29, 1.82) is 0 Å². The van der Waals surface area contributed by atoms with Crippen LogP contribution in [0.4, 0.5) is 4.39 Å². The van der Waals surface area contributed by atoms with Crippen LogP contribution in [0.15, 0.2) is 71.6 Å². The highest BCUT2D eigenvalue weighted by molar-refractivity contribution is 6.30. The maximum Gasteiger partial charge on any atom is 0.130 e. The highest BCUT2D eigenvalue weighted by Crippen LogP contribution is 2.42. The number of dihydropyridines is 1. The van der Waals surface area contributed by atoms with Crippen molar-refractivity contribution in [2.45, 2.75) is 33.6 Å². The Balaban J connectivity index is 1.86. The summed E-state index contributed by atoms with van der Waals surface area (Å²) in [6.45, 7) is 6.71. The lowest BCUT2D eigenvalue weighted by molar-refractivity contribution is 0.477. The minimum Gasteiger partial charge on any atom is -0.362 e. The van der Waals surface area contributed by atoms with Crippen molar-refractivity contribution in [2.75, 3.05) is 0 Å². The topological polar surface area (TPSA) is 12.0 Å². The second-order valence-electron chi connectivity index (χ2n) is 8.43. The fourth-order valence-electron chi connectivity index (χ4n) is 4.13. The SMILES string of the molecule is CC1CC=CC(C2=C/C(=C/[C@H]3CC3C)NC=C2)=C(c2cc(Cl)ccc2F)C1C. The lowest BCUT2D eigenvalue weighted by atomic mass is 9.80. The lowest BCUT2D eigenvalue weighted by Crippen LogP contribution is -2.13. The molecular weight excluding hydrogens is 369 g/mol. The van der Waals surface area contributed by atoms with Crippen molar-refractivity contribution in [3.05, 3.63) is 88.0 Å². The van der Waals surface area contributed by atoms with Gasteiger partial charge in [0.25, 0.3) is 0 Å². The minimum atomic E-state index is -0.215. The Morgan fingerprint density at radius 2 is 1.93 bits per heavy atom. The van der Waals surface area contributed by atoms with E-state index < -0.39 is 0 Å². The zero-order valence-electron chi connectivity index (χ0n) is 16.7. The monoisotopic (exact) mass is 395 g/mol. The van der Waals surface area contributed by atoms with E-state index in [9.17, 15) is 4.39 Å². The first-order chi connectivity index (χ1) is 13.4. The molecule has 1 aromatic rings. The molecule has 0 spiro atoms. The fraction of sp³-hybridized carbons (Fsp3) is 0.360. The summed E-state index contributed by atoms with van der Waals surface area (Å²) in [5, 5.41) is 3.92. The van der Waals surface area contributed by atoms with Gasteiger partial charge in [0, 0.05) is 22.5 Å². The molecule has 0 radical (unpaired) electrons. The molecule has 0 amide bonds. The summed E-state index contributed by atoms with van der Waals surface area (Å²) in [7, 11) is 0. The first-order valence-electron chi connectivity index (χ1n) is 10.2. The van der Waals surface area contributed by atoms with E-state index in [1.54, 1.807) is 12.1 Å². The first-order valence-corrected chi connectivity index (χ1v) is 10.5. The molecular formula is C25H27ClFN. The Labute approximate surface area is 172 Å². The predicted molar refractivity (Wildman–Crippen MR) is 116 cm³/mol. The average Bonchev–Trinajstić information content (AvgIpc) is 3.39. The molecule has 3 heteroatoms. The second kappa shape index (κ2) is 7.75. The van der Waals surface area contributed by atoms with Crippen LogP contribution in [0.3, 0.4) is 0 Å². The molecule has 2 aliphatic carbocycles. The van der Waals surface area contributed by atoms with E-state index in [4.69, 9.17) is 11.6 Å². The molecule has 1 nitrogen and oxygen atoms in total. The van der Waals surface area contributed by atoms with E-state index in [-0.39, 0.29) is 11.7 Å². The van der Waals surface area contributed by atoms with Crippen molar-refractivity contribution in [3.8, 4) is 0 Å². The van der Waals surface area contributed by atoms with E-state index in [1.807, 2.05) is 6.20 Å². The van der Waals surface area contributed by atoms with Crippen molar-refractivity contribution in [3.63, 3.8) is 0 Å². The summed E-state index contributed by atoms with van der Waals surface area (Å²) in [5.41, 5.74) is 4.99. The molecule has 1 fully saturated rings. The largest absolute Gasteiger partial charge is 0.362 e. The Morgan fingerprint density at radius 1 is 1.14 bits per heavy atom. The molecule has 0 bridgehead atoms. The highest BCUT2D eigenvalue weighted by Gasteiger charge is 2.31. The molecule has 1 saturated carbocycles. The van der Waals surface area contributed by atoms with Crippen LogP contribution in [0.2, 0.25) is 5.02 Å². The third kappa shape index (κ3) is 3.89. The van der Waals surface area contributed by atoms with Crippen molar-refractivity contribution < 1.29 is 4.39 Å². The average molecular weight is 396 g/mol. The van der Waals surface area contributed by atoms with Gasteiger partial charge in [0.2, 0.25) is 0 Å². The third-order valence-electron chi connectivity index (χ3n) is 6.31. The van der Waals surface area contributed by atoms with E-state index in [0.717, 1.165) is 34.8 Å². The predicted octanol–water partition coefficient (Wildman–Crippen LogP) is 7.05. The molecule has 4 rings (SSSR count). The highest BCUT2D eigenvalue weighted by atomic mass is 35.5. The van der Waals surface area contributed by atoms with Crippen molar-refractivity contribution >= 4 is 17.2 Å². The van der Waals surface area contributed by atoms with Crippen LogP contribution >= 0.6 is 11.6 Å². The lowest BCUT2D eigenvalue weighted by Gasteiger charge is -2.25. The normalized spacial score (nSPS) is 30.9. The second-order valence-corrected chi connectivity index (χ2v) is 8.87. The molecule has 3 unspecified atom stereocenters. The number of halogens is 2. The smallest absolute Gasteiger partial charge is 0.130 e. The molecule has 4 atom stereocenters. The number of hydrogen-bond donors (Lipinski definition) is 1. The molecule has 0 aromatic heterocycles. The van der Waals surface area contributed by atoms with Gasteiger partial charge >= 0.3 is 0 Å². The van der Waals surface area contributed by atoms with Gasteiger partial charge in [0.1, 0.15) is 5.82 Å². The Morgan fingerprint density at radius 3 is 2.68 bits per heavy atom. The van der Waals surface area contributed by atoms with E-state index in [1.165, 1.54) is 12.5 Å². The number of benzene rings is 1. The first kappa shape index (κ1) is 19.3. The summed E-state index contributed by atoms with van der Waals surface area (Å²) >= 11 is 6.24. The Kier molecular flexibility index (Phi) is 5.33. The van der Waals surface area contributed by atoms with Crippen molar-refractivity contribution in [2.24, 2.45) is 23.7 Å². The maximum atomic E-state index is 14.8. The number of allylic oxidation sites excluding steroid dienone is 8. The zero-order chi connectivity index (χ0) is 19.8. The van der Waals surface area contributed by atoms with Gasteiger partial charge in [-0.3, -0.25) is 0 Å². The number of nitrogens with one attached hydrogen (secondary N) is 1. The molecule has 1 aromatic carbocycles. The van der Waals surface area contributed by atoms with Gasteiger partial charge in [-0.25, -0.2) is 4.39 Å². The summed E-state index contributed by atoms with van der Waals surface area (Å²) in [6.07, 6.45) is 15.2. The van der Waals surface area contributed by atoms with Gasteiger partial charge in [0.05, 0.1) is 0 Å². The quantitative estimate of drug-likeness (QED) is 0.578. The maximum absolute atomic E-state index is 14.8. The molecule has 1 heterocycles. The molecule has 28 heavy (non-hydrogen) atoms. The molecule has 1 N–H and O–H groups in total. The summed E-state index contributed by atoms with van der Waals surface area (Å²) in [4.78, 5) is 0. The van der Waals surface area contributed by atoms with Gasteiger partial charge in [-0.2, -0.15) is 0 Å². The standard InChI is InChI=1S/C25H27ClFN/c1-15-5-4-6-22(18-9-10-28-21(12-18)13-19-11-16(19)2)25(17(15)3)23-14-20(26)7-8-24(23)27/h4,6-10,12-17,19,28H,5,11H2,1-3H3/b21-13-/t15?,16?,17?,19-/m1/s1. The minimum absolute atomic E-state index is 0.215. The number of rotatable bonds is 3. The molecule has 146 valence electrons. The van der Waals surface area contributed by atoms with Crippen LogP contribution in [0, 0.1) is 29.5 Å². The molecule has 0 saturated heterocycles. The van der Waals surface area contributed by atoms with Crippen LogP contribution in [-0.4, -0.2) is 0 Å². The third-order valence-corrected chi connectivity index (χ3v) is 6.55. The fourth-order valence-corrected chi connectivity index (χ4v) is 4.30. The van der Waals surface area contributed by atoms with Gasteiger partial charge in [0.15, 0.2) is 0 Å². The van der Waals surface area contributed by atoms with Crippen LogP contribution < -0.4 is 5.32 Å².